The molecule has 0 heterocycles. The molecule has 39 heavy (non-hydrogen) atoms. The summed E-state index contributed by atoms with van der Waals surface area (Å²) >= 11 is 0. The Kier molecular flexibility index (Phi) is 21.3. The summed E-state index contributed by atoms with van der Waals surface area (Å²) in [6.45, 7) is 5.76. The third-order valence-electron chi connectivity index (χ3n) is 6.53. The quantitative estimate of drug-likeness (QED) is 0.0654. The van der Waals surface area contributed by atoms with E-state index in [1.807, 2.05) is 0 Å². The summed E-state index contributed by atoms with van der Waals surface area (Å²) in [7, 11) is 0. The maximum atomic E-state index is 12.9. The van der Waals surface area contributed by atoms with E-state index in [2.05, 4.69) is 50.0 Å². The fraction of sp³-hybridized carbons (Fsp3) is 0.645. The van der Waals surface area contributed by atoms with Gasteiger partial charge < -0.3 is 26.8 Å². The first-order valence-corrected chi connectivity index (χ1v) is 14.4. The van der Waals surface area contributed by atoms with E-state index in [0.29, 0.717) is 6.42 Å². The second-order valence-electron chi connectivity index (χ2n) is 9.90. The summed E-state index contributed by atoms with van der Waals surface area (Å²) in [6, 6.07) is -0.495. The summed E-state index contributed by atoms with van der Waals surface area (Å²) in [5.41, 5.74) is 8.03. The molecule has 7 N–H and O–H groups in total. The molecule has 8 nitrogen and oxygen atoms in total. The van der Waals surface area contributed by atoms with E-state index in [1.165, 1.54) is 6.08 Å². The highest BCUT2D eigenvalue weighted by Gasteiger charge is 2.53. The van der Waals surface area contributed by atoms with Crippen LogP contribution in [0.15, 0.2) is 49.1 Å². The number of carbonyl (C=O) groups is 3. The number of hydrogen-bond acceptors (Lipinski definition) is 8. The highest BCUT2D eigenvalue weighted by atomic mass is 16.3. The van der Waals surface area contributed by atoms with Gasteiger partial charge in [0.05, 0.1) is 0 Å². The molecule has 0 saturated heterocycles. The van der Waals surface area contributed by atoms with Crippen LogP contribution in [0.2, 0.25) is 0 Å². The van der Waals surface area contributed by atoms with Crippen molar-refractivity contribution in [2.75, 3.05) is 6.54 Å². The van der Waals surface area contributed by atoms with E-state index in [1.54, 1.807) is 0 Å². The van der Waals surface area contributed by atoms with Gasteiger partial charge in [0.1, 0.15) is 12.2 Å². The van der Waals surface area contributed by atoms with Crippen LogP contribution in [0.1, 0.15) is 96.8 Å². The van der Waals surface area contributed by atoms with Crippen molar-refractivity contribution in [3.05, 3.63) is 49.1 Å². The summed E-state index contributed by atoms with van der Waals surface area (Å²) in [6.07, 6.45) is 18.9. The summed E-state index contributed by atoms with van der Waals surface area (Å²) in [5, 5.41) is 31.7. The number of hydrogen-bond donors (Lipinski definition) is 5. The predicted molar refractivity (Wildman–Crippen MR) is 157 cm³/mol. The molecular formula is C31H52N2O6. The molecule has 0 aromatic heterocycles. The number of unbranched alkanes of at least 4 members (excludes halogenated alkanes) is 5. The number of nitrogens with two attached hydrogens (primary N) is 2. The maximum Gasteiger partial charge on any atom is 0.245 e. The average Bonchev–Trinajstić information content (AvgIpc) is 2.94. The van der Waals surface area contributed by atoms with Crippen LogP contribution in [0.3, 0.4) is 0 Å². The minimum absolute atomic E-state index is 0.00963. The molecule has 8 heteroatoms. The molecule has 0 aromatic rings. The van der Waals surface area contributed by atoms with Crippen molar-refractivity contribution in [2.45, 2.75) is 121 Å². The van der Waals surface area contributed by atoms with Crippen molar-refractivity contribution in [1.29, 1.82) is 0 Å². The minimum atomic E-state index is -3.11. The second-order valence-corrected chi connectivity index (χ2v) is 9.90. The first-order chi connectivity index (χ1) is 18.7. The van der Waals surface area contributed by atoms with Crippen molar-refractivity contribution >= 4 is 17.3 Å². The largest absolute Gasteiger partial charge is 0.385 e. The number of aliphatic hydroxyl groups is 3. The molecular weight excluding hydrogens is 496 g/mol. The Morgan fingerprint density at radius 3 is 1.92 bits per heavy atom. The molecule has 0 aliphatic rings. The molecule has 222 valence electrons. The minimum Gasteiger partial charge on any atom is -0.385 e. The normalized spacial score (nSPS) is 15.9. The van der Waals surface area contributed by atoms with E-state index in [9.17, 15) is 29.7 Å². The maximum absolute atomic E-state index is 12.9. The molecule has 0 saturated carbocycles. The van der Waals surface area contributed by atoms with Gasteiger partial charge in [0.15, 0.2) is 5.78 Å². The van der Waals surface area contributed by atoms with E-state index >= 15 is 0 Å². The molecule has 0 aliphatic heterocycles. The molecule has 0 aliphatic carbocycles. The number of aliphatic hydroxyl groups excluding tert-OH is 2. The first kappa shape index (κ1) is 36.8. The lowest BCUT2D eigenvalue weighted by Crippen LogP contribution is -2.60. The van der Waals surface area contributed by atoms with Crippen LogP contribution < -0.4 is 11.5 Å². The number of Topliss-reactive ketones (excluding diaryl/α,β-unsaturated/α-hetero) is 3. The van der Waals surface area contributed by atoms with Gasteiger partial charge in [0, 0.05) is 12.5 Å². The van der Waals surface area contributed by atoms with Gasteiger partial charge in [-0.15, -0.1) is 6.58 Å². The third-order valence-corrected chi connectivity index (χ3v) is 6.53. The Labute approximate surface area is 234 Å². The molecule has 0 spiro atoms. The molecule has 4 atom stereocenters. The number of carbonyl (C=O) groups excluding carboxylic acids is 3. The van der Waals surface area contributed by atoms with Crippen molar-refractivity contribution in [3.63, 3.8) is 0 Å². The highest BCUT2D eigenvalue weighted by molar-refractivity contribution is 6.29. The Bertz CT molecular complexity index is 807. The lowest BCUT2D eigenvalue weighted by atomic mass is 9.80. The average molecular weight is 549 g/mol. The van der Waals surface area contributed by atoms with Crippen molar-refractivity contribution < 1.29 is 29.7 Å². The van der Waals surface area contributed by atoms with Crippen molar-refractivity contribution in [1.82, 2.24) is 0 Å². The second kappa shape index (κ2) is 22.6. The zero-order valence-corrected chi connectivity index (χ0v) is 23.8. The van der Waals surface area contributed by atoms with Gasteiger partial charge in [-0.05, 0) is 64.3 Å². The van der Waals surface area contributed by atoms with Crippen LogP contribution in [0, 0.1) is 0 Å². The van der Waals surface area contributed by atoms with Crippen LogP contribution in [0.4, 0.5) is 0 Å². The zero-order chi connectivity index (χ0) is 29.5. The van der Waals surface area contributed by atoms with Gasteiger partial charge in [-0.3, -0.25) is 14.4 Å². The third kappa shape index (κ3) is 15.2. The summed E-state index contributed by atoms with van der Waals surface area (Å²) in [4.78, 5) is 38.5. The monoisotopic (exact) mass is 548 g/mol. The van der Waals surface area contributed by atoms with Crippen LogP contribution in [0.5, 0.6) is 0 Å². The van der Waals surface area contributed by atoms with Crippen molar-refractivity contribution in [2.24, 2.45) is 11.5 Å². The van der Waals surface area contributed by atoms with Gasteiger partial charge in [0.25, 0.3) is 0 Å². The van der Waals surface area contributed by atoms with Gasteiger partial charge in [-0.1, -0.05) is 75.1 Å². The molecule has 0 bridgehead atoms. The van der Waals surface area contributed by atoms with Gasteiger partial charge in [-0.2, -0.15) is 0 Å². The van der Waals surface area contributed by atoms with Crippen LogP contribution in [-0.4, -0.2) is 63.1 Å². The molecule has 0 aromatic carbocycles. The highest BCUT2D eigenvalue weighted by Crippen LogP contribution is 2.22. The molecule has 0 rings (SSSR count). The molecule has 0 radical (unpaired) electrons. The van der Waals surface area contributed by atoms with E-state index in [-0.39, 0.29) is 38.6 Å². The van der Waals surface area contributed by atoms with Crippen LogP contribution in [0.25, 0.3) is 0 Å². The zero-order valence-electron chi connectivity index (χ0n) is 23.8. The Morgan fingerprint density at radius 2 is 1.33 bits per heavy atom. The van der Waals surface area contributed by atoms with Gasteiger partial charge >= 0.3 is 0 Å². The van der Waals surface area contributed by atoms with Crippen LogP contribution in [-0.2, 0) is 14.4 Å². The smallest absolute Gasteiger partial charge is 0.245 e. The lowest BCUT2D eigenvalue weighted by Gasteiger charge is -2.28. The Balaban J connectivity index is 4.64. The Morgan fingerprint density at radius 1 is 0.795 bits per heavy atom. The SMILES string of the molecule is C=CC(N)CCC(O)C(=O)C(O)(C(=O)CCCN)C(=O)C(O)CCCCCCCC=CCC=CCC=CCC. The van der Waals surface area contributed by atoms with E-state index in [4.69, 9.17) is 11.5 Å². The van der Waals surface area contributed by atoms with Crippen LogP contribution >= 0.6 is 0 Å². The fourth-order valence-corrected chi connectivity index (χ4v) is 4.01. The number of rotatable bonds is 25. The van der Waals surface area contributed by atoms with Crippen molar-refractivity contribution in [3.8, 4) is 0 Å². The predicted octanol–water partition coefficient (Wildman–Crippen LogP) is 3.77. The number of ketones is 3. The summed E-state index contributed by atoms with van der Waals surface area (Å²) < 4.78 is 0. The standard InChI is InChI=1S/C31H52N2O6/c1-3-5-6-7-8-9-10-11-12-13-14-15-16-17-18-20-26(34)29(37)31(39,28(36)21-19-24-32)30(38)27(35)23-22-25(33)4-2/h4-6,8-9,11-12,25-27,34-35,39H,2-3,7,10,13-24,32-33H2,1H3. The van der Waals surface area contributed by atoms with E-state index in [0.717, 1.165) is 51.4 Å². The first-order valence-electron chi connectivity index (χ1n) is 14.4. The fourth-order valence-electron chi connectivity index (χ4n) is 4.01. The Hall–Kier alpha value is -2.23. The molecule has 0 fully saturated rings. The molecule has 4 unspecified atom stereocenters. The number of allylic oxidation sites excluding steroid dienone is 6. The summed E-state index contributed by atoms with van der Waals surface area (Å²) in [5.74, 6) is -3.69. The van der Waals surface area contributed by atoms with E-state index < -0.39 is 41.2 Å². The topological polar surface area (TPSA) is 164 Å². The lowest BCUT2D eigenvalue weighted by molar-refractivity contribution is -0.167. The van der Waals surface area contributed by atoms with Gasteiger partial charge in [0.2, 0.25) is 17.2 Å². The molecule has 0 amide bonds. The van der Waals surface area contributed by atoms with Gasteiger partial charge in [-0.25, -0.2) is 0 Å².